The maximum absolute atomic E-state index is 9.55. The SMILES string of the molecule is COc1ccc(-c2cncc(C#N)c2N[C@H]2CC[C@@H](N)CC2)cc1OC. The fraction of sp³-hybridized carbons (Fsp3) is 0.400. The largest absolute Gasteiger partial charge is 0.493 e. The van der Waals surface area contributed by atoms with Crippen LogP contribution in [0, 0.1) is 11.3 Å². The van der Waals surface area contributed by atoms with Crippen molar-refractivity contribution in [1.29, 1.82) is 5.26 Å². The molecular formula is C20H24N4O2. The first kappa shape index (κ1) is 18.0. The molecule has 3 N–H and O–H groups in total. The highest BCUT2D eigenvalue weighted by Gasteiger charge is 2.21. The van der Waals surface area contributed by atoms with Crippen LogP contribution in [0.3, 0.4) is 0 Å². The van der Waals surface area contributed by atoms with Crippen molar-refractivity contribution in [2.75, 3.05) is 19.5 Å². The number of nitriles is 1. The molecule has 1 aromatic carbocycles. The lowest BCUT2D eigenvalue weighted by Gasteiger charge is -2.28. The van der Waals surface area contributed by atoms with E-state index in [9.17, 15) is 5.26 Å². The van der Waals surface area contributed by atoms with E-state index in [2.05, 4.69) is 16.4 Å². The van der Waals surface area contributed by atoms with Gasteiger partial charge in [0.05, 0.1) is 25.5 Å². The molecule has 1 aromatic heterocycles. The van der Waals surface area contributed by atoms with Crippen LogP contribution < -0.4 is 20.5 Å². The van der Waals surface area contributed by atoms with Gasteiger partial charge < -0.3 is 20.5 Å². The van der Waals surface area contributed by atoms with E-state index < -0.39 is 0 Å². The topological polar surface area (TPSA) is 93.2 Å². The summed E-state index contributed by atoms with van der Waals surface area (Å²) < 4.78 is 10.7. The molecule has 136 valence electrons. The van der Waals surface area contributed by atoms with E-state index in [1.807, 2.05) is 18.2 Å². The van der Waals surface area contributed by atoms with Crippen LogP contribution in [0.1, 0.15) is 31.2 Å². The van der Waals surface area contributed by atoms with Crippen LogP contribution in [0.25, 0.3) is 11.1 Å². The monoisotopic (exact) mass is 352 g/mol. The van der Waals surface area contributed by atoms with E-state index in [1.165, 1.54) is 0 Å². The average molecular weight is 352 g/mol. The molecule has 1 aliphatic carbocycles. The Bertz CT molecular complexity index is 808. The summed E-state index contributed by atoms with van der Waals surface area (Å²) in [4.78, 5) is 4.24. The number of aromatic nitrogens is 1. The van der Waals surface area contributed by atoms with Crippen LogP contribution in [0.5, 0.6) is 11.5 Å². The zero-order valence-corrected chi connectivity index (χ0v) is 15.2. The van der Waals surface area contributed by atoms with Gasteiger partial charge in [-0.3, -0.25) is 4.98 Å². The summed E-state index contributed by atoms with van der Waals surface area (Å²) in [6.45, 7) is 0. The van der Waals surface area contributed by atoms with Crippen molar-refractivity contribution < 1.29 is 9.47 Å². The van der Waals surface area contributed by atoms with Crippen molar-refractivity contribution in [3.8, 4) is 28.7 Å². The fourth-order valence-electron chi connectivity index (χ4n) is 3.39. The van der Waals surface area contributed by atoms with E-state index in [0.717, 1.165) is 42.5 Å². The lowest BCUT2D eigenvalue weighted by molar-refractivity contribution is 0.355. The first-order valence-corrected chi connectivity index (χ1v) is 8.79. The van der Waals surface area contributed by atoms with E-state index >= 15 is 0 Å². The van der Waals surface area contributed by atoms with Gasteiger partial charge in [0.25, 0.3) is 0 Å². The second-order valence-electron chi connectivity index (χ2n) is 6.55. The van der Waals surface area contributed by atoms with E-state index in [4.69, 9.17) is 15.2 Å². The Morgan fingerprint density at radius 3 is 2.50 bits per heavy atom. The molecule has 0 spiro atoms. The third kappa shape index (κ3) is 3.73. The van der Waals surface area contributed by atoms with Crippen molar-refractivity contribution in [3.05, 3.63) is 36.2 Å². The molecule has 1 saturated carbocycles. The number of benzene rings is 1. The first-order chi connectivity index (χ1) is 12.7. The lowest BCUT2D eigenvalue weighted by atomic mass is 9.91. The van der Waals surface area contributed by atoms with Gasteiger partial charge in [-0.05, 0) is 43.4 Å². The highest BCUT2D eigenvalue weighted by Crippen LogP contribution is 2.37. The van der Waals surface area contributed by atoms with Crippen LogP contribution >= 0.6 is 0 Å². The Balaban J connectivity index is 1.98. The molecule has 0 unspecified atom stereocenters. The van der Waals surface area contributed by atoms with Gasteiger partial charge in [-0.15, -0.1) is 0 Å². The van der Waals surface area contributed by atoms with Crippen molar-refractivity contribution in [1.82, 2.24) is 4.98 Å². The molecule has 0 atom stereocenters. The van der Waals surface area contributed by atoms with Gasteiger partial charge in [-0.2, -0.15) is 5.26 Å². The second kappa shape index (κ2) is 8.07. The van der Waals surface area contributed by atoms with Crippen LogP contribution in [-0.2, 0) is 0 Å². The minimum absolute atomic E-state index is 0.284. The number of hydrogen-bond acceptors (Lipinski definition) is 6. The standard InChI is InChI=1S/C20H24N4O2/c1-25-18-8-3-13(9-19(18)26-2)17-12-23-11-14(10-21)20(17)24-16-6-4-15(22)5-7-16/h3,8-9,11-12,15-16H,4-7,22H2,1-2H3,(H,23,24)/t15-,16+. The summed E-state index contributed by atoms with van der Waals surface area (Å²) in [6, 6.07) is 8.55. The maximum Gasteiger partial charge on any atom is 0.161 e. The number of methoxy groups -OCH3 is 2. The number of nitrogens with two attached hydrogens (primary N) is 1. The maximum atomic E-state index is 9.55. The normalized spacial score (nSPS) is 19.5. The van der Waals surface area contributed by atoms with Crippen molar-refractivity contribution in [2.24, 2.45) is 5.73 Å². The summed E-state index contributed by atoms with van der Waals surface area (Å²) in [5.41, 5.74) is 9.15. The summed E-state index contributed by atoms with van der Waals surface area (Å²) >= 11 is 0. The predicted octanol–water partition coefficient (Wildman–Crippen LogP) is 3.32. The fourth-order valence-corrected chi connectivity index (χ4v) is 3.39. The van der Waals surface area contributed by atoms with E-state index in [-0.39, 0.29) is 6.04 Å². The number of ether oxygens (including phenoxy) is 2. The third-order valence-electron chi connectivity index (χ3n) is 4.88. The summed E-state index contributed by atoms with van der Waals surface area (Å²) in [5, 5.41) is 13.1. The van der Waals surface area contributed by atoms with Gasteiger partial charge in [0.1, 0.15) is 6.07 Å². The molecule has 6 heteroatoms. The summed E-state index contributed by atoms with van der Waals surface area (Å²) in [6.07, 6.45) is 7.37. The highest BCUT2D eigenvalue weighted by molar-refractivity contribution is 5.82. The number of anilines is 1. The summed E-state index contributed by atoms with van der Waals surface area (Å²) in [7, 11) is 3.21. The number of rotatable bonds is 5. The molecule has 26 heavy (non-hydrogen) atoms. The van der Waals surface area contributed by atoms with Gasteiger partial charge in [0.15, 0.2) is 11.5 Å². The van der Waals surface area contributed by atoms with Gasteiger partial charge in [0, 0.05) is 30.0 Å². The zero-order valence-electron chi connectivity index (χ0n) is 15.2. The third-order valence-corrected chi connectivity index (χ3v) is 4.88. The van der Waals surface area contributed by atoms with Crippen molar-refractivity contribution in [3.63, 3.8) is 0 Å². The predicted molar refractivity (Wildman–Crippen MR) is 101 cm³/mol. The van der Waals surface area contributed by atoms with E-state index in [1.54, 1.807) is 26.6 Å². The molecule has 1 aliphatic rings. The molecule has 0 amide bonds. The molecule has 1 fully saturated rings. The second-order valence-corrected chi connectivity index (χ2v) is 6.55. The number of nitrogens with one attached hydrogen (secondary N) is 1. The Labute approximate surface area is 153 Å². The summed E-state index contributed by atoms with van der Waals surface area (Å²) in [5.74, 6) is 1.30. The van der Waals surface area contributed by atoms with Gasteiger partial charge >= 0.3 is 0 Å². The van der Waals surface area contributed by atoms with Crippen LogP contribution in [-0.4, -0.2) is 31.3 Å². The van der Waals surface area contributed by atoms with Crippen LogP contribution in [0.2, 0.25) is 0 Å². The van der Waals surface area contributed by atoms with Crippen molar-refractivity contribution >= 4 is 5.69 Å². The number of pyridine rings is 1. The molecule has 0 saturated heterocycles. The molecule has 0 aliphatic heterocycles. The Kier molecular flexibility index (Phi) is 5.59. The highest BCUT2D eigenvalue weighted by atomic mass is 16.5. The molecule has 0 bridgehead atoms. The zero-order chi connectivity index (χ0) is 18.5. The minimum Gasteiger partial charge on any atom is -0.493 e. The van der Waals surface area contributed by atoms with Crippen LogP contribution in [0.4, 0.5) is 5.69 Å². The molecule has 3 rings (SSSR count). The minimum atomic E-state index is 0.284. The molecular weight excluding hydrogens is 328 g/mol. The molecule has 0 radical (unpaired) electrons. The van der Waals surface area contributed by atoms with Gasteiger partial charge in [-0.1, -0.05) is 6.07 Å². The van der Waals surface area contributed by atoms with Gasteiger partial charge in [-0.25, -0.2) is 0 Å². The molecule has 1 heterocycles. The number of nitrogens with zero attached hydrogens (tertiary/aromatic N) is 2. The molecule has 2 aromatic rings. The Hall–Kier alpha value is -2.78. The Morgan fingerprint density at radius 1 is 1.12 bits per heavy atom. The number of hydrogen-bond donors (Lipinski definition) is 2. The molecule has 6 nitrogen and oxygen atoms in total. The van der Waals surface area contributed by atoms with Crippen molar-refractivity contribution in [2.45, 2.75) is 37.8 Å². The van der Waals surface area contributed by atoms with E-state index in [0.29, 0.717) is 23.1 Å². The first-order valence-electron chi connectivity index (χ1n) is 8.79. The Morgan fingerprint density at radius 2 is 1.85 bits per heavy atom. The average Bonchev–Trinajstić information content (AvgIpc) is 2.69. The smallest absolute Gasteiger partial charge is 0.161 e. The quantitative estimate of drug-likeness (QED) is 0.857. The lowest BCUT2D eigenvalue weighted by Crippen LogP contribution is -2.33. The van der Waals surface area contributed by atoms with Gasteiger partial charge in [0.2, 0.25) is 0 Å². The van der Waals surface area contributed by atoms with Crippen LogP contribution in [0.15, 0.2) is 30.6 Å².